The van der Waals surface area contributed by atoms with E-state index in [9.17, 15) is 0 Å². The molecule has 0 aliphatic carbocycles. The van der Waals surface area contributed by atoms with E-state index in [1.165, 1.54) is 45.3 Å². The first kappa shape index (κ1) is 12.1. The molecule has 2 heteroatoms. The maximum Gasteiger partial charge on any atom is 0.0328 e. The summed E-state index contributed by atoms with van der Waals surface area (Å²) in [6.45, 7) is 8.38. The van der Waals surface area contributed by atoms with Gasteiger partial charge in [0.2, 0.25) is 0 Å². The van der Waals surface area contributed by atoms with Crippen LogP contribution in [0.1, 0.15) is 42.9 Å². The fourth-order valence-electron chi connectivity index (χ4n) is 2.36. The largest absolute Gasteiger partial charge is 0.298 e. The summed E-state index contributed by atoms with van der Waals surface area (Å²) in [5.74, 6) is 0.779. The van der Waals surface area contributed by atoms with Crippen molar-refractivity contribution in [3.8, 4) is 0 Å². The van der Waals surface area contributed by atoms with Crippen LogP contribution in [-0.2, 0) is 13.0 Å². The van der Waals surface area contributed by atoms with E-state index in [2.05, 4.69) is 30.9 Å². The molecular weight excluding hydrogens is 214 g/mol. The van der Waals surface area contributed by atoms with Crippen molar-refractivity contribution in [3.05, 3.63) is 21.9 Å². The molecule has 1 nitrogen and oxygen atoms in total. The number of thiophene rings is 1. The normalized spacial score (nSPS) is 18.2. The highest BCUT2D eigenvalue weighted by Gasteiger charge is 2.11. The van der Waals surface area contributed by atoms with Crippen LogP contribution in [0.4, 0.5) is 0 Å². The summed E-state index contributed by atoms with van der Waals surface area (Å²) in [6, 6.07) is 4.65. The van der Waals surface area contributed by atoms with E-state index in [1.54, 1.807) is 9.75 Å². The van der Waals surface area contributed by atoms with Gasteiger partial charge in [-0.3, -0.25) is 4.90 Å². The van der Waals surface area contributed by atoms with Gasteiger partial charge in [-0.2, -0.15) is 0 Å². The fraction of sp³-hybridized carbons (Fsp3) is 0.714. The van der Waals surface area contributed by atoms with E-state index in [4.69, 9.17) is 0 Å². The third-order valence-electron chi connectivity index (χ3n) is 3.15. The molecule has 0 N–H and O–H groups in total. The molecule has 1 aliphatic heterocycles. The Hall–Kier alpha value is -0.340. The van der Waals surface area contributed by atoms with Crippen LogP contribution in [-0.4, -0.2) is 18.0 Å². The van der Waals surface area contributed by atoms with Crippen molar-refractivity contribution >= 4 is 11.3 Å². The molecule has 0 saturated carbocycles. The van der Waals surface area contributed by atoms with Crippen molar-refractivity contribution in [2.75, 3.05) is 13.1 Å². The molecule has 0 radical (unpaired) electrons. The molecule has 1 aliphatic rings. The summed E-state index contributed by atoms with van der Waals surface area (Å²) in [7, 11) is 0. The standard InChI is InChI=1S/C14H23NS/c1-12(2)10-13-6-7-14(16-13)11-15-8-4-3-5-9-15/h6-7,12H,3-5,8-11H2,1-2H3. The Labute approximate surface area is 103 Å². The van der Waals surface area contributed by atoms with Crippen molar-refractivity contribution in [2.45, 2.75) is 46.1 Å². The molecule has 1 aromatic rings. The Morgan fingerprint density at radius 2 is 1.81 bits per heavy atom. The van der Waals surface area contributed by atoms with Crippen molar-refractivity contribution < 1.29 is 0 Å². The average Bonchev–Trinajstić information content (AvgIpc) is 2.66. The molecular formula is C14H23NS. The number of nitrogens with zero attached hydrogens (tertiary/aromatic N) is 1. The highest BCUT2D eigenvalue weighted by atomic mass is 32.1. The minimum atomic E-state index is 0.779. The van der Waals surface area contributed by atoms with E-state index < -0.39 is 0 Å². The Morgan fingerprint density at radius 1 is 1.12 bits per heavy atom. The molecule has 0 amide bonds. The Morgan fingerprint density at radius 3 is 2.50 bits per heavy atom. The van der Waals surface area contributed by atoms with E-state index >= 15 is 0 Å². The van der Waals surface area contributed by atoms with Gasteiger partial charge in [0.05, 0.1) is 0 Å². The van der Waals surface area contributed by atoms with Gasteiger partial charge in [0.25, 0.3) is 0 Å². The number of hydrogen-bond donors (Lipinski definition) is 0. The predicted octanol–water partition coefficient (Wildman–Crippen LogP) is 3.93. The molecule has 0 unspecified atom stereocenters. The van der Waals surface area contributed by atoms with Crippen LogP contribution >= 0.6 is 11.3 Å². The zero-order valence-corrected chi connectivity index (χ0v) is 11.4. The Bertz CT molecular complexity index is 310. The summed E-state index contributed by atoms with van der Waals surface area (Å²) in [5, 5.41) is 0. The van der Waals surface area contributed by atoms with E-state index in [1.807, 2.05) is 11.3 Å². The minimum absolute atomic E-state index is 0.779. The zero-order chi connectivity index (χ0) is 11.4. The Balaban J connectivity index is 1.86. The first-order valence-corrected chi connectivity index (χ1v) is 7.35. The Kier molecular flexibility index (Phi) is 4.42. The first-order chi connectivity index (χ1) is 7.74. The molecule has 2 rings (SSSR count). The summed E-state index contributed by atoms with van der Waals surface area (Å²) in [4.78, 5) is 5.72. The number of rotatable bonds is 4. The van der Waals surface area contributed by atoms with Crippen molar-refractivity contribution in [3.63, 3.8) is 0 Å². The quantitative estimate of drug-likeness (QED) is 0.767. The summed E-state index contributed by atoms with van der Waals surface area (Å²) >= 11 is 2.01. The highest BCUT2D eigenvalue weighted by Crippen LogP contribution is 2.22. The number of hydrogen-bond acceptors (Lipinski definition) is 2. The monoisotopic (exact) mass is 237 g/mol. The zero-order valence-electron chi connectivity index (χ0n) is 10.5. The highest BCUT2D eigenvalue weighted by molar-refractivity contribution is 7.11. The third kappa shape index (κ3) is 3.60. The number of likely N-dealkylation sites (tertiary alicyclic amines) is 1. The maximum atomic E-state index is 2.61. The van der Waals surface area contributed by atoms with Crippen LogP contribution in [0.15, 0.2) is 12.1 Å². The molecule has 0 bridgehead atoms. The second-order valence-electron chi connectivity index (χ2n) is 5.30. The lowest BCUT2D eigenvalue weighted by Gasteiger charge is -2.25. The van der Waals surface area contributed by atoms with Crippen LogP contribution in [0.5, 0.6) is 0 Å². The first-order valence-electron chi connectivity index (χ1n) is 6.54. The van der Waals surface area contributed by atoms with Crippen LogP contribution in [0, 0.1) is 5.92 Å². The summed E-state index contributed by atoms with van der Waals surface area (Å²) in [5.41, 5.74) is 0. The molecule has 1 aromatic heterocycles. The van der Waals surface area contributed by atoms with Gasteiger partial charge in [0, 0.05) is 16.3 Å². The molecule has 1 fully saturated rings. The minimum Gasteiger partial charge on any atom is -0.298 e. The van der Waals surface area contributed by atoms with Crippen LogP contribution in [0.2, 0.25) is 0 Å². The van der Waals surface area contributed by atoms with Gasteiger partial charge >= 0.3 is 0 Å². The molecule has 90 valence electrons. The molecule has 16 heavy (non-hydrogen) atoms. The van der Waals surface area contributed by atoms with Crippen molar-refractivity contribution in [1.82, 2.24) is 4.90 Å². The van der Waals surface area contributed by atoms with Gasteiger partial charge in [-0.1, -0.05) is 20.3 Å². The van der Waals surface area contributed by atoms with E-state index in [0.29, 0.717) is 0 Å². The second kappa shape index (κ2) is 5.83. The molecule has 0 atom stereocenters. The van der Waals surface area contributed by atoms with Crippen molar-refractivity contribution in [1.29, 1.82) is 0 Å². The van der Waals surface area contributed by atoms with Crippen LogP contribution in [0.3, 0.4) is 0 Å². The third-order valence-corrected chi connectivity index (χ3v) is 4.25. The lowest BCUT2D eigenvalue weighted by Crippen LogP contribution is -2.28. The molecule has 0 aromatic carbocycles. The predicted molar refractivity (Wildman–Crippen MR) is 72.0 cm³/mol. The molecule has 1 saturated heterocycles. The van der Waals surface area contributed by atoms with Gasteiger partial charge in [0.15, 0.2) is 0 Å². The van der Waals surface area contributed by atoms with Gasteiger partial charge in [-0.25, -0.2) is 0 Å². The summed E-state index contributed by atoms with van der Waals surface area (Å²) in [6.07, 6.45) is 5.46. The molecule has 0 spiro atoms. The van der Waals surface area contributed by atoms with Crippen LogP contribution < -0.4 is 0 Å². The average molecular weight is 237 g/mol. The second-order valence-corrected chi connectivity index (χ2v) is 6.56. The number of piperidine rings is 1. The summed E-state index contributed by atoms with van der Waals surface area (Å²) < 4.78 is 0. The van der Waals surface area contributed by atoms with E-state index in [0.717, 1.165) is 5.92 Å². The van der Waals surface area contributed by atoms with Gasteiger partial charge in [-0.05, 0) is 50.4 Å². The molecule has 2 heterocycles. The van der Waals surface area contributed by atoms with Crippen LogP contribution in [0.25, 0.3) is 0 Å². The smallest absolute Gasteiger partial charge is 0.0328 e. The van der Waals surface area contributed by atoms with Crippen molar-refractivity contribution in [2.24, 2.45) is 5.92 Å². The SMILES string of the molecule is CC(C)Cc1ccc(CN2CCCCC2)s1. The maximum absolute atomic E-state index is 2.61. The topological polar surface area (TPSA) is 3.24 Å². The lowest BCUT2D eigenvalue weighted by molar-refractivity contribution is 0.222. The lowest BCUT2D eigenvalue weighted by atomic mass is 10.1. The van der Waals surface area contributed by atoms with Gasteiger partial charge in [0.1, 0.15) is 0 Å². The van der Waals surface area contributed by atoms with E-state index in [-0.39, 0.29) is 0 Å². The fourth-order valence-corrected chi connectivity index (χ4v) is 3.63. The van der Waals surface area contributed by atoms with Gasteiger partial charge < -0.3 is 0 Å². The van der Waals surface area contributed by atoms with Gasteiger partial charge in [-0.15, -0.1) is 11.3 Å².